The van der Waals surface area contributed by atoms with Gasteiger partial charge in [0.1, 0.15) is 0 Å². The van der Waals surface area contributed by atoms with Gasteiger partial charge in [-0.05, 0) is 56.8 Å². The van der Waals surface area contributed by atoms with Crippen LogP contribution in [0.15, 0.2) is 101 Å². The summed E-state index contributed by atoms with van der Waals surface area (Å²) in [6, 6.07) is 25.7. The molecule has 0 saturated heterocycles. The summed E-state index contributed by atoms with van der Waals surface area (Å²) in [5, 5.41) is 0. The molecule has 3 aromatic carbocycles. The first kappa shape index (κ1) is 25.5. The van der Waals surface area contributed by atoms with Crippen molar-refractivity contribution in [2.45, 2.75) is 58.8 Å². The molecule has 172 valence electrons. The zero-order valence-electron chi connectivity index (χ0n) is 21.0. The van der Waals surface area contributed by atoms with Crippen molar-refractivity contribution in [2.24, 2.45) is 0 Å². The topological polar surface area (TPSA) is 0 Å². The molecule has 3 aromatic rings. The zero-order chi connectivity index (χ0) is 23.0. The van der Waals surface area contributed by atoms with Crippen molar-refractivity contribution in [1.29, 1.82) is 0 Å². The number of hydrogen-bond donors (Lipinski definition) is 0. The Kier molecular flexibility index (Phi) is 7.74. The molecule has 2 aliphatic carbocycles. The average molecular weight is 493 g/mol. The zero-order valence-corrected chi connectivity index (χ0v) is 23.1. The van der Waals surface area contributed by atoms with Crippen molar-refractivity contribution in [1.82, 2.24) is 0 Å². The first-order valence-corrected chi connectivity index (χ1v) is 15.0. The minimum atomic E-state index is -1.65. The summed E-state index contributed by atoms with van der Waals surface area (Å²) in [6.45, 7) is 17.0. The van der Waals surface area contributed by atoms with Gasteiger partial charge in [-0.25, -0.2) is 12.1 Å². The normalized spacial score (nSPS) is 18.0. The Morgan fingerprint density at radius 2 is 1.33 bits per heavy atom. The van der Waals surface area contributed by atoms with Crippen LogP contribution < -0.4 is 0 Å². The van der Waals surface area contributed by atoms with Crippen LogP contribution in [0, 0.1) is 0 Å². The van der Waals surface area contributed by atoms with E-state index in [1.165, 1.54) is 27.8 Å². The van der Waals surface area contributed by atoms with E-state index in [1.54, 1.807) is 22.3 Å². The second kappa shape index (κ2) is 10.0. The van der Waals surface area contributed by atoms with E-state index in [1.807, 2.05) is 30.3 Å². The summed E-state index contributed by atoms with van der Waals surface area (Å²) in [4.78, 5) is 0. The van der Waals surface area contributed by atoms with Gasteiger partial charge in [0.25, 0.3) is 0 Å². The minimum absolute atomic E-state index is 0. The van der Waals surface area contributed by atoms with Crippen LogP contribution in [0.1, 0.15) is 51.3 Å². The number of rotatable bonds is 3. The van der Waals surface area contributed by atoms with Crippen molar-refractivity contribution in [2.75, 3.05) is 0 Å². The molecule has 2 heteroatoms. The van der Waals surface area contributed by atoms with Crippen LogP contribution >= 0.6 is 0 Å². The van der Waals surface area contributed by atoms with Gasteiger partial charge in [-0.15, -0.1) is 23.8 Å². The van der Waals surface area contributed by atoms with Crippen LogP contribution in [0.4, 0.5) is 0 Å². The van der Waals surface area contributed by atoms with Gasteiger partial charge in [0.2, 0.25) is 0 Å². The van der Waals surface area contributed by atoms with Crippen LogP contribution in [-0.2, 0) is 17.1 Å². The Morgan fingerprint density at radius 1 is 0.758 bits per heavy atom. The molecule has 0 saturated carbocycles. The van der Waals surface area contributed by atoms with E-state index < -0.39 is 8.07 Å². The first-order valence-electron chi connectivity index (χ1n) is 11.8. The van der Waals surface area contributed by atoms with Crippen molar-refractivity contribution in [3.05, 3.63) is 112 Å². The van der Waals surface area contributed by atoms with E-state index in [0.29, 0.717) is 11.1 Å². The van der Waals surface area contributed by atoms with Crippen LogP contribution in [0.5, 0.6) is 0 Å². The summed E-state index contributed by atoms with van der Waals surface area (Å²) < 4.78 is 0. The van der Waals surface area contributed by atoms with E-state index in [2.05, 4.69) is 96.3 Å². The van der Waals surface area contributed by atoms with Gasteiger partial charge in [-0.2, -0.15) is 30.3 Å². The fourth-order valence-electron chi connectivity index (χ4n) is 6.30. The second-order valence-corrected chi connectivity index (χ2v) is 14.9. The minimum Gasteiger partial charge on any atom is -0.214 e. The quantitative estimate of drug-likeness (QED) is 0.252. The molecule has 0 heterocycles. The summed E-state index contributed by atoms with van der Waals surface area (Å²) in [5.41, 5.74) is 14.9. The third-order valence-corrected chi connectivity index (χ3v) is 12.5. The molecule has 2 aliphatic rings. The summed E-state index contributed by atoms with van der Waals surface area (Å²) in [7, 11) is -1.65. The third kappa shape index (κ3) is 4.49. The molecule has 0 nitrogen and oxygen atoms in total. The van der Waals surface area contributed by atoms with Crippen LogP contribution in [0.2, 0.25) is 18.6 Å². The van der Waals surface area contributed by atoms with Gasteiger partial charge >= 0.3 is 17.1 Å². The average Bonchev–Trinajstić information content (AvgIpc) is 3.55. The summed E-state index contributed by atoms with van der Waals surface area (Å²) >= 11 is 0. The van der Waals surface area contributed by atoms with Crippen molar-refractivity contribution in [3.63, 3.8) is 0 Å². The number of hydrogen-bond acceptors (Lipinski definition) is 0. The fourth-order valence-corrected chi connectivity index (χ4v) is 11.6. The molecule has 0 N–H and O–H groups in total. The van der Waals surface area contributed by atoms with Crippen LogP contribution in [0.25, 0.3) is 17.2 Å². The van der Waals surface area contributed by atoms with Gasteiger partial charge in [-0.1, -0.05) is 64.7 Å². The van der Waals surface area contributed by atoms with Gasteiger partial charge in [0.15, 0.2) is 0 Å². The maximum Gasteiger partial charge on any atom is 2.00 e. The molecule has 1 atom stereocenters. The number of fused-ring (bicyclic) bond motifs is 1. The summed E-state index contributed by atoms with van der Waals surface area (Å²) in [6.07, 6.45) is 2.48. The molecule has 1 unspecified atom stereocenters. The maximum absolute atomic E-state index is 2.61. The van der Waals surface area contributed by atoms with Gasteiger partial charge < -0.3 is 0 Å². The second-order valence-electron chi connectivity index (χ2n) is 10.1. The molecule has 0 spiro atoms. The molecule has 0 aromatic heterocycles. The third-order valence-electron chi connectivity index (χ3n) is 7.91. The van der Waals surface area contributed by atoms with Crippen LogP contribution in [0.3, 0.4) is 0 Å². The molecule has 0 bridgehead atoms. The number of benzene rings is 1. The van der Waals surface area contributed by atoms with E-state index >= 15 is 0 Å². The van der Waals surface area contributed by atoms with E-state index in [0.717, 1.165) is 0 Å². The van der Waals surface area contributed by atoms with Crippen molar-refractivity contribution >= 4 is 14.1 Å². The van der Waals surface area contributed by atoms with Gasteiger partial charge in [0.05, 0.1) is 8.07 Å². The predicted octanol–water partition coefficient (Wildman–Crippen LogP) is 9.28. The monoisotopic (exact) mass is 492 g/mol. The van der Waals surface area contributed by atoms with E-state index in [-0.39, 0.29) is 17.1 Å². The molecule has 5 rings (SSSR count). The van der Waals surface area contributed by atoms with Gasteiger partial charge in [0, 0.05) is 0 Å². The summed E-state index contributed by atoms with van der Waals surface area (Å²) in [5.74, 6) is 0. The first-order chi connectivity index (χ1) is 15.2. The van der Waals surface area contributed by atoms with E-state index in [4.69, 9.17) is 0 Å². The van der Waals surface area contributed by atoms with Crippen molar-refractivity contribution in [3.8, 4) is 11.1 Å². The molecular weight excluding hydrogens is 456 g/mol. The fraction of sp³-hybridized carbons (Fsp3) is 0.290. The molecule has 0 amide bonds. The smallest absolute Gasteiger partial charge is 0.214 e. The SMILES string of the molecule is CC1=Cc2c(-[c-]3cccc3)cccc2C1[Si](C)(C)C1C(C)=C(C)C(C)=C1C.[Fe+2].c1cc[cH-]c1. The molecule has 0 aliphatic heterocycles. The Balaban J connectivity index is 0.000000453. The Bertz CT molecular complexity index is 1140. The van der Waals surface area contributed by atoms with Gasteiger partial charge in [-0.3, -0.25) is 0 Å². The Labute approximate surface area is 212 Å². The predicted molar refractivity (Wildman–Crippen MR) is 144 cm³/mol. The number of allylic oxidation sites excluding steroid dienone is 5. The largest absolute Gasteiger partial charge is 2.00 e. The Morgan fingerprint density at radius 3 is 1.85 bits per heavy atom. The molecular formula is C31H36FeSi. The van der Waals surface area contributed by atoms with Crippen molar-refractivity contribution < 1.29 is 17.1 Å². The van der Waals surface area contributed by atoms with E-state index in [9.17, 15) is 0 Å². The van der Waals surface area contributed by atoms with Crippen LogP contribution in [-0.4, -0.2) is 8.07 Å². The molecule has 0 fully saturated rings. The Hall–Kier alpha value is -2.12. The molecule has 0 radical (unpaired) electrons. The molecule has 33 heavy (non-hydrogen) atoms. The standard InChI is InChI=1S/C26H31Si.C5H5.Fe/c1-16-15-24-22(21-11-8-9-12-21)13-10-14-23(24)25(16)27(6,7)26-19(4)17(2)18(3)20(26)5;1-2-4-5-3-1;/h8-15,25-26H,1-7H3;1-5H;/q2*-1;+2. The maximum atomic E-state index is 2.61.